The Hall–Kier alpha value is -2.64. The van der Waals surface area contributed by atoms with Gasteiger partial charge in [-0.1, -0.05) is 0 Å². The van der Waals surface area contributed by atoms with E-state index in [0.29, 0.717) is 0 Å². The zero-order valence-corrected chi connectivity index (χ0v) is 10.2. The molecule has 0 atom stereocenters. The number of non-ortho nitro benzene ring substituents is 1. The molecule has 3 N–H and O–H groups in total. The van der Waals surface area contributed by atoms with Crippen LogP contribution in [0.4, 0.5) is 11.4 Å². The Morgan fingerprint density at radius 1 is 1.37 bits per heavy atom. The van der Waals surface area contributed by atoms with Gasteiger partial charge in [-0.3, -0.25) is 14.9 Å². The van der Waals surface area contributed by atoms with E-state index in [0.717, 1.165) is 12.1 Å². The van der Waals surface area contributed by atoms with Crippen molar-refractivity contribution in [1.82, 2.24) is 5.32 Å². The summed E-state index contributed by atoms with van der Waals surface area (Å²) < 4.78 is 0. The number of carbonyl (C=O) groups excluding carboxylic acids is 1. The maximum Gasteiger partial charge on any atom is 0.337 e. The first kappa shape index (κ1) is 14.4. The number of nitrogens with zero attached hydrogens (tertiary/aromatic N) is 1. The monoisotopic (exact) mass is 267 g/mol. The molecule has 0 heterocycles. The molecule has 8 heteroatoms. The van der Waals surface area contributed by atoms with Gasteiger partial charge in [-0.05, 0) is 6.07 Å². The van der Waals surface area contributed by atoms with Crippen LogP contribution in [0.1, 0.15) is 17.3 Å². The molecule has 8 nitrogen and oxygen atoms in total. The van der Waals surface area contributed by atoms with E-state index in [-0.39, 0.29) is 35.9 Å². The van der Waals surface area contributed by atoms with Crippen molar-refractivity contribution < 1.29 is 19.6 Å². The Bertz CT molecular complexity index is 515. The van der Waals surface area contributed by atoms with Gasteiger partial charge in [0.2, 0.25) is 5.91 Å². The van der Waals surface area contributed by atoms with Gasteiger partial charge in [0.25, 0.3) is 5.69 Å². The number of carboxylic acids is 1. The largest absolute Gasteiger partial charge is 0.478 e. The molecule has 0 aromatic heterocycles. The SMILES string of the molecule is CC(=O)NCCNc1cc([N+](=O)[O-])ccc1C(=O)O. The lowest BCUT2D eigenvalue weighted by Gasteiger charge is -2.09. The number of nitro benzene ring substituents is 1. The summed E-state index contributed by atoms with van der Waals surface area (Å²) in [6.45, 7) is 1.91. The second-order valence-electron chi connectivity index (χ2n) is 3.70. The van der Waals surface area contributed by atoms with Gasteiger partial charge >= 0.3 is 5.97 Å². The summed E-state index contributed by atoms with van der Waals surface area (Å²) in [7, 11) is 0. The topological polar surface area (TPSA) is 122 Å². The van der Waals surface area contributed by atoms with Crippen LogP contribution >= 0.6 is 0 Å². The van der Waals surface area contributed by atoms with E-state index in [1.165, 1.54) is 13.0 Å². The number of carbonyl (C=O) groups is 2. The molecule has 0 bridgehead atoms. The van der Waals surface area contributed by atoms with Crippen molar-refractivity contribution in [3.05, 3.63) is 33.9 Å². The van der Waals surface area contributed by atoms with Crippen LogP contribution in [0.25, 0.3) is 0 Å². The number of aromatic carboxylic acids is 1. The summed E-state index contributed by atoms with van der Waals surface area (Å²) >= 11 is 0. The molecule has 0 aliphatic heterocycles. The van der Waals surface area contributed by atoms with Crippen LogP contribution in [-0.4, -0.2) is 35.0 Å². The first-order chi connectivity index (χ1) is 8.91. The van der Waals surface area contributed by atoms with Gasteiger partial charge in [0.15, 0.2) is 0 Å². The highest BCUT2D eigenvalue weighted by atomic mass is 16.6. The third-order valence-corrected chi connectivity index (χ3v) is 2.26. The number of hydrogen-bond donors (Lipinski definition) is 3. The highest BCUT2D eigenvalue weighted by Gasteiger charge is 2.14. The van der Waals surface area contributed by atoms with Crippen LogP contribution in [0.3, 0.4) is 0 Å². The van der Waals surface area contributed by atoms with Crippen LogP contribution in [-0.2, 0) is 4.79 Å². The maximum atomic E-state index is 11.0. The molecule has 0 aliphatic carbocycles. The van der Waals surface area contributed by atoms with Gasteiger partial charge in [-0.15, -0.1) is 0 Å². The first-order valence-electron chi connectivity index (χ1n) is 5.42. The second kappa shape index (κ2) is 6.34. The van der Waals surface area contributed by atoms with Crippen molar-refractivity contribution in [3.8, 4) is 0 Å². The van der Waals surface area contributed by atoms with E-state index in [4.69, 9.17) is 5.11 Å². The summed E-state index contributed by atoms with van der Waals surface area (Å²) in [6, 6.07) is 3.45. The van der Waals surface area contributed by atoms with Crippen LogP contribution in [0.2, 0.25) is 0 Å². The van der Waals surface area contributed by atoms with Crippen LogP contribution < -0.4 is 10.6 Å². The molecule has 102 valence electrons. The zero-order chi connectivity index (χ0) is 14.4. The molecule has 19 heavy (non-hydrogen) atoms. The fourth-order valence-corrected chi connectivity index (χ4v) is 1.41. The zero-order valence-electron chi connectivity index (χ0n) is 10.2. The van der Waals surface area contributed by atoms with Gasteiger partial charge in [-0.25, -0.2) is 4.79 Å². The average molecular weight is 267 g/mol. The fraction of sp³-hybridized carbons (Fsp3) is 0.273. The molecule has 1 amide bonds. The van der Waals surface area contributed by atoms with Crippen LogP contribution in [0.5, 0.6) is 0 Å². The average Bonchev–Trinajstić information content (AvgIpc) is 2.33. The molecule has 1 aromatic carbocycles. The molecular formula is C11H13N3O5. The summed E-state index contributed by atoms with van der Waals surface area (Å²) in [6.07, 6.45) is 0. The van der Waals surface area contributed by atoms with Gasteiger partial charge in [0.05, 0.1) is 16.2 Å². The highest BCUT2D eigenvalue weighted by Crippen LogP contribution is 2.22. The van der Waals surface area contributed by atoms with Crippen LogP contribution in [0, 0.1) is 10.1 Å². The Kier molecular flexibility index (Phi) is 4.81. The van der Waals surface area contributed by atoms with Gasteiger partial charge in [0, 0.05) is 32.1 Å². The Labute approximate surface area is 108 Å². The Morgan fingerprint density at radius 2 is 2.05 bits per heavy atom. The molecule has 0 aliphatic rings. The molecule has 0 saturated heterocycles. The number of rotatable bonds is 6. The number of amides is 1. The number of benzene rings is 1. The maximum absolute atomic E-state index is 11.0. The molecular weight excluding hydrogens is 254 g/mol. The van der Waals surface area contributed by atoms with Crippen molar-refractivity contribution in [1.29, 1.82) is 0 Å². The lowest BCUT2D eigenvalue weighted by molar-refractivity contribution is -0.384. The second-order valence-corrected chi connectivity index (χ2v) is 3.70. The third kappa shape index (κ3) is 4.26. The number of carboxylic acid groups (broad SMARTS) is 1. The summed E-state index contributed by atoms with van der Waals surface area (Å²) in [4.78, 5) is 31.6. The number of anilines is 1. The van der Waals surface area contributed by atoms with Crippen LogP contribution in [0.15, 0.2) is 18.2 Å². The van der Waals surface area contributed by atoms with Crippen molar-refractivity contribution >= 4 is 23.3 Å². The van der Waals surface area contributed by atoms with E-state index in [9.17, 15) is 19.7 Å². The smallest absolute Gasteiger partial charge is 0.337 e. The molecule has 1 aromatic rings. The van der Waals surface area contributed by atoms with Gasteiger partial charge in [0.1, 0.15) is 0 Å². The number of nitrogens with one attached hydrogen (secondary N) is 2. The van der Waals surface area contributed by atoms with Crippen molar-refractivity contribution in [3.63, 3.8) is 0 Å². The Balaban J connectivity index is 2.82. The molecule has 0 saturated carbocycles. The fourth-order valence-electron chi connectivity index (χ4n) is 1.41. The van der Waals surface area contributed by atoms with E-state index < -0.39 is 10.9 Å². The molecule has 0 spiro atoms. The van der Waals surface area contributed by atoms with Crippen molar-refractivity contribution in [2.24, 2.45) is 0 Å². The van der Waals surface area contributed by atoms with Gasteiger partial charge in [-0.2, -0.15) is 0 Å². The van der Waals surface area contributed by atoms with E-state index in [2.05, 4.69) is 10.6 Å². The molecule has 0 unspecified atom stereocenters. The van der Waals surface area contributed by atoms with E-state index in [1.807, 2.05) is 0 Å². The minimum absolute atomic E-state index is 0.0616. The number of hydrogen-bond acceptors (Lipinski definition) is 5. The molecule has 1 rings (SSSR count). The quantitative estimate of drug-likeness (QED) is 0.399. The van der Waals surface area contributed by atoms with Gasteiger partial charge < -0.3 is 15.7 Å². The van der Waals surface area contributed by atoms with E-state index in [1.54, 1.807) is 0 Å². The summed E-state index contributed by atoms with van der Waals surface area (Å²) in [5.74, 6) is -1.39. The standard InChI is InChI=1S/C11H13N3O5/c1-7(15)12-4-5-13-10-6-8(14(18)19)2-3-9(10)11(16)17/h2-3,6,13H,4-5H2,1H3,(H,12,15)(H,16,17). The predicted octanol–water partition coefficient (Wildman–Crippen LogP) is 0.841. The summed E-state index contributed by atoms with van der Waals surface area (Å²) in [5, 5.41) is 24.9. The Morgan fingerprint density at radius 3 is 2.58 bits per heavy atom. The highest BCUT2D eigenvalue weighted by molar-refractivity contribution is 5.94. The van der Waals surface area contributed by atoms with E-state index >= 15 is 0 Å². The molecule has 0 fully saturated rings. The number of nitro groups is 1. The third-order valence-electron chi connectivity index (χ3n) is 2.26. The normalized spacial score (nSPS) is 9.74. The molecule has 0 radical (unpaired) electrons. The minimum Gasteiger partial charge on any atom is -0.478 e. The lowest BCUT2D eigenvalue weighted by atomic mass is 10.1. The van der Waals surface area contributed by atoms with Crippen molar-refractivity contribution in [2.75, 3.05) is 18.4 Å². The predicted molar refractivity (Wildman–Crippen MR) is 67.2 cm³/mol. The summed E-state index contributed by atoms with van der Waals surface area (Å²) in [5.41, 5.74) is -0.118. The lowest BCUT2D eigenvalue weighted by Crippen LogP contribution is -2.26. The minimum atomic E-state index is -1.18. The van der Waals surface area contributed by atoms with Crippen molar-refractivity contribution in [2.45, 2.75) is 6.92 Å². The first-order valence-corrected chi connectivity index (χ1v) is 5.42.